The summed E-state index contributed by atoms with van der Waals surface area (Å²) in [4.78, 5) is 5.58. The summed E-state index contributed by atoms with van der Waals surface area (Å²) < 4.78 is 12.9. The van der Waals surface area contributed by atoms with E-state index in [0.29, 0.717) is 10.6 Å². The molecule has 0 aliphatic heterocycles. The predicted molar refractivity (Wildman–Crippen MR) is 85.3 cm³/mol. The summed E-state index contributed by atoms with van der Waals surface area (Å²) in [6.07, 6.45) is 1.72. The maximum Gasteiger partial charge on any atom is 0.134 e. The van der Waals surface area contributed by atoms with E-state index in [-0.39, 0.29) is 5.82 Å². The van der Waals surface area contributed by atoms with Crippen LogP contribution in [0.2, 0.25) is 0 Å². The largest absolute Gasteiger partial charge is 0.234 e. The molecule has 1 aromatic carbocycles. The topological polar surface area (TPSA) is 36.7 Å². The summed E-state index contributed by atoms with van der Waals surface area (Å²) in [5, 5.41) is 13.9. The van der Waals surface area contributed by atoms with E-state index in [1.165, 1.54) is 23.5 Å². The van der Waals surface area contributed by atoms with E-state index in [1.807, 2.05) is 22.9 Å². The van der Waals surface area contributed by atoms with Crippen LogP contribution in [0.5, 0.6) is 0 Å². The van der Waals surface area contributed by atoms with Gasteiger partial charge in [-0.2, -0.15) is 5.26 Å². The molecule has 3 aromatic rings. The third-order valence-electron chi connectivity index (χ3n) is 2.81. The van der Waals surface area contributed by atoms with E-state index in [9.17, 15) is 9.65 Å². The van der Waals surface area contributed by atoms with Crippen LogP contribution >= 0.6 is 22.7 Å². The first-order chi connectivity index (χ1) is 10.3. The Balaban J connectivity index is 1.94. The number of allylic oxidation sites excluding steroid dienone is 1. The van der Waals surface area contributed by atoms with Crippen molar-refractivity contribution in [3.63, 3.8) is 0 Å². The Kier molecular flexibility index (Phi) is 3.91. The van der Waals surface area contributed by atoms with Crippen LogP contribution in [0.15, 0.2) is 47.2 Å². The monoisotopic (exact) mass is 312 g/mol. The molecule has 21 heavy (non-hydrogen) atoms. The number of benzene rings is 1. The molecule has 0 spiro atoms. The van der Waals surface area contributed by atoms with Gasteiger partial charge in [-0.15, -0.1) is 22.7 Å². The Morgan fingerprint density at radius 1 is 1.19 bits per heavy atom. The van der Waals surface area contributed by atoms with Gasteiger partial charge in [0, 0.05) is 5.38 Å². The molecule has 3 rings (SSSR count). The fourth-order valence-electron chi connectivity index (χ4n) is 1.80. The number of hydrogen-bond donors (Lipinski definition) is 0. The van der Waals surface area contributed by atoms with Gasteiger partial charge in [0.05, 0.1) is 16.1 Å². The second-order valence-electron chi connectivity index (χ2n) is 4.24. The van der Waals surface area contributed by atoms with Gasteiger partial charge in [-0.3, -0.25) is 0 Å². The number of nitrogens with zero attached hydrogens (tertiary/aromatic N) is 2. The van der Waals surface area contributed by atoms with E-state index < -0.39 is 0 Å². The van der Waals surface area contributed by atoms with Crippen LogP contribution in [0, 0.1) is 17.1 Å². The molecule has 0 saturated carbocycles. The minimum absolute atomic E-state index is 0.292. The summed E-state index contributed by atoms with van der Waals surface area (Å²) in [5.41, 5.74) is 2.14. The number of thiophene rings is 1. The van der Waals surface area contributed by atoms with Crippen molar-refractivity contribution >= 4 is 34.3 Å². The molecule has 0 atom stereocenters. The first kappa shape index (κ1) is 13.7. The second-order valence-corrected chi connectivity index (χ2v) is 6.04. The zero-order valence-corrected chi connectivity index (χ0v) is 12.4. The Morgan fingerprint density at radius 2 is 2.00 bits per heavy atom. The highest BCUT2D eigenvalue weighted by atomic mass is 32.1. The van der Waals surface area contributed by atoms with Gasteiger partial charge in [-0.1, -0.05) is 18.2 Å². The quantitative estimate of drug-likeness (QED) is 0.633. The van der Waals surface area contributed by atoms with Gasteiger partial charge in [-0.25, -0.2) is 9.37 Å². The van der Waals surface area contributed by atoms with Crippen molar-refractivity contribution < 1.29 is 4.39 Å². The van der Waals surface area contributed by atoms with Gasteiger partial charge in [0.25, 0.3) is 0 Å². The average molecular weight is 312 g/mol. The molecule has 0 radical (unpaired) electrons. The number of thiazole rings is 1. The first-order valence-electron chi connectivity index (χ1n) is 6.13. The zero-order valence-electron chi connectivity index (χ0n) is 10.8. The van der Waals surface area contributed by atoms with Crippen molar-refractivity contribution in [3.8, 4) is 16.6 Å². The molecule has 5 heteroatoms. The van der Waals surface area contributed by atoms with Crippen LogP contribution in [0.3, 0.4) is 0 Å². The Hall–Kier alpha value is -2.29. The Bertz CT molecular complexity index is 809. The van der Waals surface area contributed by atoms with Crippen molar-refractivity contribution in [1.29, 1.82) is 5.26 Å². The molecule has 0 N–H and O–H groups in total. The molecule has 0 saturated heterocycles. The molecule has 0 aliphatic rings. The second kappa shape index (κ2) is 6.00. The van der Waals surface area contributed by atoms with Crippen LogP contribution in [-0.4, -0.2) is 4.98 Å². The van der Waals surface area contributed by atoms with Crippen LogP contribution < -0.4 is 0 Å². The third-order valence-corrected chi connectivity index (χ3v) is 4.58. The zero-order chi connectivity index (χ0) is 14.7. The van der Waals surface area contributed by atoms with Gasteiger partial charge >= 0.3 is 0 Å². The van der Waals surface area contributed by atoms with Crippen LogP contribution in [0.1, 0.15) is 10.6 Å². The molecule has 0 aliphatic carbocycles. The standard InChI is InChI=1S/C16H9FN2S2/c17-13-5-3-11(4-6-13)8-12(9-18)16-19-14(10-21-16)15-2-1-7-20-15/h1-8,10H. The van der Waals surface area contributed by atoms with E-state index in [4.69, 9.17) is 0 Å². The first-order valence-corrected chi connectivity index (χ1v) is 7.89. The number of hydrogen-bond acceptors (Lipinski definition) is 4. The van der Waals surface area contributed by atoms with Crippen LogP contribution in [0.4, 0.5) is 4.39 Å². The minimum Gasteiger partial charge on any atom is -0.234 e. The molecule has 0 unspecified atom stereocenters. The molecular weight excluding hydrogens is 303 g/mol. The fraction of sp³-hybridized carbons (Fsp3) is 0. The smallest absolute Gasteiger partial charge is 0.134 e. The van der Waals surface area contributed by atoms with Gasteiger partial charge in [0.15, 0.2) is 0 Å². The highest BCUT2D eigenvalue weighted by molar-refractivity contribution is 7.14. The summed E-state index contributed by atoms with van der Waals surface area (Å²) in [7, 11) is 0. The summed E-state index contributed by atoms with van der Waals surface area (Å²) in [6, 6.07) is 12.2. The molecule has 2 heterocycles. The SMILES string of the molecule is N#CC(=Cc1ccc(F)cc1)c1nc(-c2cccs2)cs1. The average Bonchev–Trinajstić information content (AvgIpc) is 3.17. The normalized spacial score (nSPS) is 11.3. The van der Waals surface area contributed by atoms with Gasteiger partial charge in [-0.05, 0) is 35.2 Å². The number of rotatable bonds is 3. The molecule has 0 fully saturated rings. The number of nitriles is 1. The van der Waals surface area contributed by atoms with Crippen molar-refractivity contribution in [1.82, 2.24) is 4.98 Å². The van der Waals surface area contributed by atoms with Gasteiger partial charge < -0.3 is 0 Å². The van der Waals surface area contributed by atoms with E-state index in [2.05, 4.69) is 11.1 Å². The lowest BCUT2D eigenvalue weighted by atomic mass is 10.1. The minimum atomic E-state index is -0.292. The van der Waals surface area contributed by atoms with Gasteiger partial charge in [0.2, 0.25) is 0 Å². The van der Waals surface area contributed by atoms with Crippen molar-refractivity contribution in [2.24, 2.45) is 0 Å². The highest BCUT2D eigenvalue weighted by Crippen LogP contribution is 2.29. The summed E-state index contributed by atoms with van der Waals surface area (Å²) >= 11 is 3.05. The molecule has 0 amide bonds. The van der Waals surface area contributed by atoms with Crippen molar-refractivity contribution in [2.45, 2.75) is 0 Å². The Labute approximate surface area is 129 Å². The van der Waals surface area contributed by atoms with Crippen LogP contribution in [-0.2, 0) is 0 Å². The fourth-order valence-corrected chi connectivity index (χ4v) is 3.35. The number of halogens is 1. The molecule has 102 valence electrons. The highest BCUT2D eigenvalue weighted by Gasteiger charge is 2.09. The van der Waals surface area contributed by atoms with E-state index in [0.717, 1.165) is 16.1 Å². The van der Waals surface area contributed by atoms with Crippen LogP contribution in [0.25, 0.3) is 22.2 Å². The molecule has 2 aromatic heterocycles. The summed E-state index contributed by atoms with van der Waals surface area (Å²) in [5.74, 6) is -0.292. The molecular formula is C16H9FN2S2. The lowest BCUT2D eigenvalue weighted by Gasteiger charge is -1.95. The lowest BCUT2D eigenvalue weighted by molar-refractivity contribution is 0.628. The van der Waals surface area contributed by atoms with E-state index in [1.54, 1.807) is 29.5 Å². The van der Waals surface area contributed by atoms with E-state index >= 15 is 0 Å². The van der Waals surface area contributed by atoms with Crippen molar-refractivity contribution in [2.75, 3.05) is 0 Å². The molecule has 0 bridgehead atoms. The maximum atomic E-state index is 12.9. The number of aromatic nitrogens is 1. The maximum absolute atomic E-state index is 12.9. The third kappa shape index (κ3) is 3.07. The van der Waals surface area contributed by atoms with Crippen molar-refractivity contribution in [3.05, 3.63) is 63.5 Å². The molecule has 2 nitrogen and oxygen atoms in total. The Morgan fingerprint density at radius 3 is 2.67 bits per heavy atom. The lowest BCUT2D eigenvalue weighted by Crippen LogP contribution is -1.82. The van der Waals surface area contributed by atoms with Gasteiger partial charge in [0.1, 0.15) is 16.9 Å². The predicted octanol–water partition coefficient (Wildman–Crippen LogP) is 5.07. The summed E-state index contributed by atoms with van der Waals surface area (Å²) in [6.45, 7) is 0.